The van der Waals surface area contributed by atoms with Crippen molar-refractivity contribution in [2.45, 2.75) is 13.0 Å². The van der Waals surface area contributed by atoms with Crippen molar-refractivity contribution in [2.75, 3.05) is 14.2 Å². The van der Waals surface area contributed by atoms with Gasteiger partial charge in [-0.1, -0.05) is 6.07 Å². The number of aliphatic carboxylic acids is 1. The molecule has 0 aliphatic heterocycles. The van der Waals surface area contributed by atoms with Crippen molar-refractivity contribution in [3.05, 3.63) is 30.0 Å². The van der Waals surface area contributed by atoms with Crippen molar-refractivity contribution in [1.82, 2.24) is 0 Å². The third kappa shape index (κ3) is 3.69. The Kier molecular flexibility index (Phi) is 5.05. The van der Waals surface area contributed by atoms with E-state index in [-0.39, 0.29) is 0 Å². The number of ether oxygens (including phenoxy) is 3. The Balaban J connectivity index is 2.73. The van der Waals surface area contributed by atoms with E-state index in [4.69, 9.17) is 19.3 Å². The number of methoxy groups -OCH3 is 2. The van der Waals surface area contributed by atoms with Crippen molar-refractivity contribution in [3.63, 3.8) is 0 Å². The van der Waals surface area contributed by atoms with Gasteiger partial charge in [0.1, 0.15) is 0 Å². The van der Waals surface area contributed by atoms with Crippen molar-refractivity contribution >= 4 is 12.0 Å². The molecule has 0 heterocycles. The monoisotopic (exact) mass is 252 g/mol. The van der Waals surface area contributed by atoms with Crippen molar-refractivity contribution in [2.24, 2.45) is 0 Å². The topological polar surface area (TPSA) is 65.0 Å². The minimum atomic E-state index is -1.01. The lowest BCUT2D eigenvalue weighted by molar-refractivity contribution is -0.145. The zero-order valence-corrected chi connectivity index (χ0v) is 10.5. The Morgan fingerprint density at radius 1 is 1.28 bits per heavy atom. The van der Waals surface area contributed by atoms with E-state index in [9.17, 15) is 4.79 Å². The lowest BCUT2D eigenvalue weighted by atomic mass is 10.2. The number of carbonyl (C=O) groups is 1. The predicted octanol–water partition coefficient (Wildman–Crippen LogP) is 2.16. The van der Waals surface area contributed by atoms with Crippen LogP contribution in [-0.4, -0.2) is 31.4 Å². The predicted molar refractivity (Wildman–Crippen MR) is 66.8 cm³/mol. The second-order valence-electron chi connectivity index (χ2n) is 3.53. The number of hydrogen-bond acceptors (Lipinski definition) is 4. The summed E-state index contributed by atoms with van der Waals surface area (Å²) in [5.74, 6) is 0.229. The lowest BCUT2D eigenvalue weighted by Crippen LogP contribution is -2.16. The molecule has 0 saturated heterocycles. The number of benzene rings is 1. The van der Waals surface area contributed by atoms with Crippen LogP contribution < -0.4 is 9.47 Å². The highest BCUT2D eigenvalue weighted by Gasteiger charge is 2.09. The summed E-state index contributed by atoms with van der Waals surface area (Å²) < 4.78 is 15.2. The summed E-state index contributed by atoms with van der Waals surface area (Å²) in [6.45, 7) is 1.46. The Labute approximate surface area is 106 Å². The van der Waals surface area contributed by atoms with Gasteiger partial charge >= 0.3 is 5.97 Å². The second-order valence-corrected chi connectivity index (χ2v) is 3.53. The first-order valence-electron chi connectivity index (χ1n) is 5.35. The SMILES string of the molecule is COc1ccc(C=COC(C)C(=O)O)cc1OC. The highest BCUT2D eigenvalue weighted by molar-refractivity contribution is 5.71. The van der Waals surface area contributed by atoms with Gasteiger partial charge in [-0.3, -0.25) is 0 Å². The number of carboxylic acid groups (broad SMARTS) is 1. The minimum absolute atomic E-state index is 0.603. The fourth-order valence-corrected chi connectivity index (χ4v) is 1.25. The molecule has 1 atom stereocenters. The van der Waals surface area contributed by atoms with Crippen LogP contribution >= 0.6 is 0 Å². The van der Waals surface area contributed by atoms with Crippen LogP contribution in [0.25, 0.3) is 6.08 Å². The Morgan fingerprint density at radius 3 is 2.50 bits per heavy atom. The maximum Gasteiger partial charge on any atom is 0.344 e. The van der Waals surface area contributed by atoms with E-state index in [1.807, 2.05) is 6.07 Å². The van der Waals surface area contributed by atoms with Crippen molar-refractivity contribution in [1.29, 1.82) is 0 Å². The fraction of sp³-hybridized carbons (Fsp3) is 0.308. The summed E-state index contributed by atoms with van der Waals surface area (Å²) in [7, 11) is 3.11. The van der Waals surface area contributed by atoms with Gasteiger partial charge in [-0.15, -0.1) is 0 Å². The van der Waals surface area contributed by atoms with Crippen LogP contribution in [0.5, 0.6) is 11.5 Å². The first kappa shape index (κ1) is 13.9. The molecule has 1 unspecified atom stereocenters. The largest absolute Gasteiger partial charge is 0.493 e. The molecule has 0 radical (unpaired) electrons. The Hall–Kier alpha value is -2.17. The molecule has 5 nitrogen and oxygen atoms in total. The first-order valence-corrected chi connectivity index (χ1v) is 5.35. The molecule has 0 saturated carbocycles. The summed E-state index contributed by atoms with van der Waals surface area (Å²) in [6, 6.07) is 5.34. The van der Waals surface area contributed by atoms with Crippen LogP contribution in [0.2, 0.25) is 0 Å². The van der Waals surface area contributed by atoms with Crippen LogP contribution in [0, 0.1) is 0 Å². The van der Waals surface area contributed by atoms with E-state index in [1.54, 1.807) is 32.4 Å². The van der Waals surface area contributed by atoms with Crippen molar-refractivity contribution < 1.29 is 24.1 Å². The third-order valence-electron chi connectivity index (χ3n) is 2.30. The summed E-state index contributed by atoms with van der Waals surface area (Å²) >= 11 is 0. The third-order valence-corrected chi connectivity index (χ3v) is 2.30. The maximum absolute atomic E-state index is 10.5. The van der Waals surface area contributed by atoms with E-state index in [2.05, 4.69) is 0 Å². The number of hydrogen-bond donors (Lipinski definition) is 1. The maximum atomic E-state index is 10.5. The van der Waals surface area contributed by atoms with E-state index >= 15 is 0 Å². The van der Waals surface area contributed by atoms with E-state index < -0.39 is 12.1 Å². The van der Waals surface area contributed by atoms with Gasteiger partial charge in [0.15, 0.2) is 17.6 Å². The summed E-state index contributed by atoms with van der Waals surface area (Å²) in [4.78, 5) is 10.5. The molecular formula is C13H16O5. The van der Waals surface area contributed by atoms with Gasteiger partial charge in [-0.2, -0.15) is 0 Å². The molecule has 18 heavy (non-hydrogen) atoms. The zero-order chi connectivity index (χ0) is 13.5. The van der Waals surface area contributed by atoms with Crippen LogP contribution in [-0.2, 0) is 9.53 Å². The first-order chi connectivity index (χ1) is 8.58. The van der Waals surface area contributed by atoms with E-state index in [1.165, 1.54) is 13.2 Å². The molecule has 1 aromatic carbocycles. The molecule has 0 fully saturated rings. The van der Waals surface area contributed by atoms with Gasteiger partial charge in [0.05, 0.1) is 20.5 Å². The molecule has 0 aliphatic rings. The van der Waals surface area contributed by atoms with Gasteiger partial charge in [0, 0.05) is 0 Å². The quantitative estimate of drug-likeness (QED) is 0.786. The average Bonchev–Trinajstić information content (AvgIpc) is 2.38. The summed E-state index contributed by atoms with van der Waals surface area (Å²) in [5, 5.41) is 8.63. The number of carboxylic acids is 1. The Bertz CT molecular complexity index is 439. The molecule has 1 aromatic rings. The molecule has 0 bridgehead atoms. The average molecular weight is 252 g/mol. The van der Waals surface area contributed by atoms with Gasteiger partial charge in [-0.25, -0.2) is 4.79 Å². The smallest absolute Gasteiger partial charge is 0.344 e. The van der Waals surface area contributed by atoms with Gasteiger partial charge in [0.25, 0.3) is 0 Å². The Morgan fingerprint density at radius 2 is 1.94 bits per heavy atom. The fourth-order valence-electron chi connectivity index (χ4n) is 1.25. The minimum Gasteiger partial charge on any atom is -0.493 e. The van der Waals surface area contributed by atoms with Crippen LogP contribution in [0.15, 0.2) is 24.5 Å². The summed E-state index contributed by atoms with van der Waals surface area (Å²) in [5.41, 5.74) is 0.824. The molecule has 0 aliphatic carbocycles. The normalized spacial score (nSPS) is 12.2. The van der Waals surface area contributed by atoms with Gasteiger partial charge in [0.2, 0.25) is 0 Å². The standard InChI is InChI=1S/C13H16O5/c1-9(13(14)15)18-7-6-10-4-5-11(16-2)12(8-10)17-3/h4-9H,1-3H3,(H,14,15). The van der Waals surface area contributed by atoms with E-state index in [0.717, 1.165) is 5.56 Å². The zero-order valence-electron chi connectivity index (χ0n) is 10.5. The summed E-state index contributed by atoms with van der Waals surface area (Å²) in [6.07, 6.45) is 2.13. The molecule has 1 rings (SSSR count). The highest BCUT2D eigenvalue weighted by atomic mass is 16.5. The number of rotatable bonds is 6. The molecule has 0 spiro atoms. The molecule has 0 aromatic heterocycles. The molecular weight excluding hydrogens is 236 g/mol. The lowest BCUT2D eigenvalue weighted by Gasteiger charge is -2.08. The highest BCUT2D eigenvalue weighted by Crippen LogP contribution is 2.27. The molecule has 98 valence electrons. The van der Waals surface area contributed by atoms with Gasteiger partial charge in [-0.05, 0) is 30.7 Å². The van der Waals surface area contributed by atoms with Crippen LogP contribution in [0.3, 0.4) is 0 Å². The molecule has 5 heteroatoms. The molecule has 0 amide bonds. The van der Waals surface area contributed by atoms with Crippen LogP contribution in [0.1, 0.15) is 12.5 Å². The van der Waals surface area contributed by atoms with E-state index in [0.29, 0.717) is 11.5 Å². The van der Waals surface area contributed by atoms with Crippen molar-refractivity contribution in [3.8, 4) is 11.5 Å². The molecule has 1 N–H and O–H groups in total. The second kappa shape index (κ2) is 6.54. The van der Waals surface area contributed by atoms with Crippen LogP contribution in [0.4, 0.5) is 0 Å². The van der Waals surface area contributed by atoms with Gasteiger partial charge < -0.3 is 19.3 Å².